The molecule has 0 aliphatic rings. The maximum Gasteiger partial charge on any atom is 0.173 e. The first-order chi connectivity index (χ1) is 8.71. The summed E-state index contributed by atoms with van der Waals surface area (Å²) in [6.45, 7) is 11.0. The van der Waals surface area contributed by atoms with Gasteiger partial charge in [-0.2, -0.15) is 0 Å². The number of anilines is 1. The molecule has 0 saturated heterocycles. The number of hydrogen-bond donors (Lipinski definition) is 1. The molecule has 1 rings (SSSR count). The molecular weight excluding hydrogens is 240 g/mol. The minimum absolute atomic E-state index is 0.694. The van der Waals surface area contributed by atoms with E-state index in [0.717, 1.165) is 12.1 Å². The van der Waals surface area contributed by atoms with Crippen molar-refractivity contribution in [3.05, 3.63) is 55.1 Å². The van der Waals surface area contributed by atoms with Crippen LogP contribution in [0.25, 0.3) is 0 Å². The number of thiocarbonyl (C=S) groups is 1. The first-order valence-electron chi connectivity index (χ1n) is 6.08. The van der Waals surface area contributed by atoms with Crippen molar-refractivity contribution in [2.45, 2.75) is 13.3 Å². The van der Waals surface area contributed by atoms with Crippen LogP contribution in [0, 0.1) is 0 Å². The monoisotopic (exact) mass is 260 g/mol. The lowest BCUT2D eigenvalue weighted by Gasteiger charge is -2.23. The molecule has 0 aliphatic carbocycles. The van der Waals surface area contributed by atoms with Crippen LogP contribution >= 0.6 is 12.2 Å². The Morgan fingerprint density at radius 1 is 1.22 bits per heavy atom. The summed E-state index contributed by atoms with van der Waals surface area (Å²) in [4.78, 5) is 2.00. The first kappa shape index (κ1) is 14.5. The van der Waals surface area contributed by atoms with E-state index >= 15 is 0 Å². The Morgan fingerprint density at radius 3 is 2.22 bits per heavy atom. The van der Waals surface area contributed by atoms with E-state index in [2.05, 4.69) is 37.5 Å². The van der Waals surface area contributed by atoms with Crippen molar-refractivity contribution in [2.24, 2.45) is 0 Å². The van der Waals surface area contributed by atoms with Gasteiger partial charge >= 0.3 is 0 Å². The van der Waals surface area contributed by atoms with Gasteiger partial charge in [0.15, 0.2) is 5.11 Å². The lowest BCUT2D eigenvalue weighted by atomic mass is 10.1. The van der Waals surface area contributed by atoms with E-state index in [1.165, 1.54) is 5.56 Å². The van der Waals surface area contributed by atoms with E-state index in [4.69, 9.17) is 12.2 Å². The second-order valence-corrected chi connectivity index (χ2v) is 4.35. The molecule has 1 aromatic rings. The molecule has 0 amide bonds. The molecule has 0 spiro atoms. The molecule has 0 radical (unpaired) electrons. The van der Waals surface area contributed by atoms with Crippen molar-refractivity contribution >= 4 is 23.0 Å². The van der Waals surface area contributed by atoms with Gasteiger partial charge in [0.25, 0.3) is 0 Å². The Bertz CT molecular complexity index is 399. The number of nitrogens with one attached hydrogen (secondary N) is 1. The average molecular weight is 260 g/mol. The fraction of sp³-hybridized carbons (Fsp3) is 0.267. The maximum atomic E-state index is 5.37. The van der Waals surface area contributed by atoms with E-state index in [1.54, 1.807) is 0 Å². The zero-order valence-corrected chi connectivity index (χ0v) is 11.7. The zero-order valence-electron chi connectivity index (χ0n) is 10.9. The molecule has 0 fully saturated rings. The highest BCUT2D eigenvalue weighted by molar-refractivity contribution is 7.80. The summed E-state index contributed by atoms with van der Waals surface area (Å²) in [5.74, 6) is 0. The van der Waals surface area contributed by atoms with Gasteiger partial charge in [-0.05, 0) is 36.3 Å². The van der Waals surface area contributed by atoms with Crippen LogP contribution in [0.15, 0.2) is 49.6 Å². The van der Waals surface area contributed by atoms with Gasteiger partial charge < -0.3 is 10.2 Å². The highest BCUT2D eigenvalue weighted by Gasteiger charge is 2.06. The quantitative estimate of drug-likeness (QED) is 0.621. The molecule has 1 N–H and O–H groups in total. The SMILES string of the molecule is C=CCN(CC=C)C(=S)Nc1ccc(CC)cc1. The van der Waals surface area contributed by atoms with Crippen molar-refractivity contribution in [1.82, 2.24) is 4.90 Å². The topological polar surface area (TPSA) is 15.3 Å². The predicted octanol–water partition coefficient (Wildman–Crippen LogP) is 3.62. The van der Waals surface area contributed by atoms with E-state index in [-0.39, 0.29) is 0 Å². The van der Waals surface area contributed by atoms with Gasteiger partial charge in [0, 0.05) is 18.8 Å². The summed E-state index contributed by atoms with van der Waals surface area (Å²) in [7, 11) is 0. The summed E-state index contributed by atoms with van der Waals surface area (Å²) in [6, 6.07) is 8.31. The van der Waals surface area contributed by atoms with Gasteiger partial charge in [-0.15, -0.1) is 13.2 Å². The number of rotatable bonds is 6. The van der Waals surface area contributed by atoms with Crippen LogP contribution in [0.2, 0.25) is 0 Å². The summed E-state index contributed by atoms with van der Waals surface area (Å²) in [5, 5.41) is 3.92. The van der Waals surface area contributed by atoms with Crippen molar-refractivity contribution < 1.29 is 0 Å². The van der Waals surface area contributed by atoms with Crippen molar-refractivity contribution in [3.8, 4) is 0 Å². The number of aryl methyl sites for hydroxylation is 1. The Kier molecular flexibility index (Phi) is 6.15. The van der Waals surface area contributed by atoms with Gasteiger partial charge in [0.05, 0.1) is 0 Å². The molecule has 1 aromatic carbocycles. The van der Waals surface area contributed by atoms with Crippen LogP contribution in [0.1, 0.15) is 12.5 Å². The summed E-state index contributed by atoms with van der Waals surface area (Å²) in [6.07, 6.45) is 4.71. The van der Waals surface area contributed by atoms with E-state index in [0.29, 0.717) is 18.2 Å². The van der Waals surface area contributed by atoms with Crippen molar-refractivity contribution in [1.29, 1.82) is 0 Å². The van der Waals surface area contributed by atoms with E-state index in [9.17, 15) is 0 Å². The number of nitrogens with zero attached hydrogens (tertiary/aromatic N) is 1. The Hall–Kier alpha value is -1.61. The molecule has 0 unspecified atom stereocenters. The van der Waals surface area contributed by atoms with E-state index < -0.39 is 0 Å². The minimum Gasteiger partial charge on any atom is -0.342 e. The van der Waals surface area contributed by atoms with Crippen LogP contribution in [0.4, 0.5) is 5.69 Å². The van der Waals surface area contributed by atoms with Crippen LogP contribution < -0.4 is 5.32 Å². The largest absolute Gasteiger partial charge is 0.342 e. The molecule has 0 saturated carbocycles. The normalized spacial score (nSPS) is 9.61. The van der Waals surface area contributed by atoms with Crippen LogP contribution in [0.5, 0.6) is 0 Å². The second-order valence-electron chi connectivity index (χ2n) is 3.96. The third-order valence-electron chi connectivity index (χ3n) is 2.60. The third-order valence-corrected chi connectivity index (χ3v) is 2.96. The summed E-state index contributed by atoms with van der Waals surface area (Å²) < 4.78 is 0. The van der Waals surface area contributed by atoms with Gasteiger partial charge in [0.1, 0.15) is 0 Å². The lowest BCUT2D eigenvalue weighted by Crippen LogP contribution is -2.34. The zero-order chi connectivity index (χ0) is 13.4. The Morgan fingerprint density at radius 2 is 1.78 bits per heavy atom. The number of benzene rings is 1. The molecule has 0 atom stereocenters. The maximum absolute atomic E-state index is 5.37. The van der Waals surface area contributed by atoms with E-state index in [1.807, 2.05) is 29.2 Å². The highest BCUT2D eigenvalue weighted by Crippen LogP contribution is 2.11. The fourth-order valence-electron chi connectivity index (χ4n) is 1.58. The molecule has 2 nitrogen and oxygen atoms in total. The lowest BCUT2D eigenvalue weighted by molar-refractivity contribution is 0.522. The van der Waals surface area contributed by atoms with Gasteiger partial charge in [0.2, 0.25) is 0 Å². The van der Waals surface area contributed by atoms with Gasteiger partial charge in [-0.3, -0.25) is 0 Å². The molecule has 0 aromatic heterocycles. The summed E-state index contributed by atoms with van der Waals surface area (Å²) in [5.41, 5.74) is 2.33. The predicted molar refractivity (Wildman–Crippen MR) is 84.0 cm³/mol. The second kappa shape index (κ2) is 7.67. The number of hydrogen-bond acceptors (Lipinski definition) is 1. The van der Waals surface area contributed by atoms with Gasteiger partial charge in [-0.25, -0.2) is 0 Å². The third kappa shape index (κ3) is 4.34. The van der Waals surface area contributed by atoms with Crippen LogP contribution in [-0.2, 0) is 6.42 Å². The average Bonchev–Trinajstić information content (AvgIpc) is 2.39. The molecular formula is C15H20N2S. The standard InChI is InChI=1S/C15H20N2S/c1-4-11-17(12-5-2)15(18)16-14-9-7-13(6-3)8-10-14/h4-5,7-10H,1-2,6,11-12H2,3H3,(H,16,18). The molecule has 18 heavy (non-hydrogen) atoms. The molecule has 0 heterocycles. The van der Waals surface area contributed by atoms with Crippen LogP contribution in [-0.4, -0.2) is 23.1 Å². The van der Waals surface area contributed by atoms with Gasteiger partial charge in [-0.1, -0.05) is 31.2 Å². The van der Waals surface area contributed by atoms with Crippen molar-refractivity contribution in [2.75, 3.05) is 18.4 Å². The summed E-state index contributed by atoms with van der Waals surface area (Å²) >= 11 is 5.37. The van der Waals surface area contributed by atoms with Crippen molar-refractivity contribution in [3.63, 3.8) is 0 Å². The Labute approximate surface area is 115 Å². The first-order valence-corrected chi connectivity index (χ1v) is 6.48. The van der Waals surface area contributed by atoms with Crippen LogP contribution in [0.3, 0.4) is 0 Å². The smallest absolute Gasteiger partial charge is 0.173 e. The molecule has 3 heteroatoms. The molecule has 0 aliphatic heterocycles. The Balaban J connectivity index is 2.65. The minimum atomic E-state index is 0.694. The fourth-order valence-corrected chi connectivity index (χ4v) is 1.85. The molecule has 96 valence electrons. The highest BCUT2D eigenvalue weighted by atomic mass is 32.1. The molecule has 0 bridgehead atoms.